The predicted octanol–water partition coefficient (Wildman–Crippen LogP) is 2.91. The number of methoxy groups -OCH3 is 1. The normalized spacial score (nSPS) is 22.6. The van der Waals surface area contributed by atoms with E-state index in [9.17, 15) is 18.3 Å². The fourth-order valence-corrected chi connectivity index (χ4v) is 4.00. The molecule has 9 heteroatoms. The molecule has 0 aromatic heterocycles. The molecule has 0 spiro atoms. The van der Waals surface area contributed by atoms with Gasteiger partial charge >= 0.3 is 6.09 Å². The SMILES string of the molecule is COc1ccc([C@@H]2CN(C(=O)OC(C)(C)C)[C@@H](CCCOS(C)(=O)=O)C[C@@H]2O)cc1. The fourth-order valence-electron chi connectivity index (χ4n) is 3.58. The lowest BCUT2D eigenvalue weighted by Crippen LogP contribution is -2.52. The summed E-state index contributed by atoms with van der Waals surface area (Å²) >= 11 is 0. The van der Waals surface area contributed by atoms with Crippen molar-refractivity contribution in [3.63, 3.8) is 0 Å². The lowest BCUT2D eigenvalue weighted by Gasteiger charge is -2.43. The van der Waals surface area contributed by atoms with E-state index >= 15 is 0 Å². The van der Waals surface area contributed by atoms with Crippen molar-refractivity contribution in [3.05, 3.63) is 29.8 Å². The van der Waals surface area contributed by atoms with E-state index in [-0.39, 0.29) is 18.6 Å². The average Bonchev–Trinajstić information content (AvgIpc) is 2.63. The standard InChI is InChI=1S/C21H33NO7S/c1-21(2,3)29-20(24)22-14-18(15-8-10-17(27-4)11-9-15)19(23)13-16(22)7-6-12-28-30(5,25)26/h8-11,16,18-19,23H,6-7,12-14H2,1-5H3/t16-,18-,19-/m0/s1. The second-order valence-electron chi connectivity index (χ2n) is 8.64. The molecule has 8 nitrogen and oxygen atoms in total. The van der Waals surface area contributed by atoms with Gasteiger partial charge in [0.15, 0.2) is 0 Å². The van der Waals surface area contributed by atoms with Crippen LogP contribution in [0.5, 0.6) is 5.75 Å². The van der Waals surface area contributed by atoms with Gasteiger partial charge in [-0.3, -0.25) is 4.18 Å². The maximum absolute atomic E-state index is 12.9. The van der Waals surface area contributed by atoms with Gasteiger partial charge < -0.3 is 19.5 Å². The zero-order valence-corrected chi connectivity index (χ0v) is 19.1. The van der Waals surface area contributed by atoms with Crippen LogP contribution in [-0.2, 0) is 19.0 Å². The number of rotatable bonds is 7. The molecule has 1 aromatic carbocycles. The summed E-state index contributed by atoms with van der Waals surface area (Å²) in [6, 6.07) is 7.16. The van der Waals surface area contributed by atoms with Crippen LogP contribution in [0.15, 0.2) is 24.3 Å². The van der Waals surface area contributed by atoms with Crippen LogP contribution >= 0.6 is 0 Å². The van der Waals surface area contributed by atoms with Gasteiger partial charge in [-0.05, 0) is 57.7 Å². The van der Waals surface area contributed by atoms with E-state index in [4.69, 9.17) is 13.7 Å². The number of ether oxygens (including phenoxy) is 2. The van der Waals surface area contributed by atoms with Gasteiger partial charge in [0.1, 0.15) is 11.4 Å². The Kier molecular flexibility index (Phi) is 8.13. The smallest absolute Gasteiger partial charge is 0.410 e. The van der Waals surface area contributed by atoms with E-state index in [1.807, 2.05) is 24.3 Å². The van der Waals surface area contributed by atoms with Crippen LogP contribution in [0.25, 0.3) is 0 Å². The third-order valence-electron chi connectivity index (χ3n) is 4.96. The molecular formula is C21H33NO7S. The molecular weight excluding hydrogens is 410 g/mol. The van der Waals surface area contributed by atoms with Crippen molar-refractivity contribution in [2.45, 2.75) is 63.7 Å². The van der Waals surface area contributed by atoms with Gasteiger partial charge in [0.25, 0.3) is 10.1 Å². The highest BCUT2D eigenvalue weighted by Gasteiger charge is 2.39. The molecule has 1 heterocycles. The molecule has 3 atom stereocenters. The highest BCUT2D eigenvalue weighted by molar-refractivity contribution is 7.85. The van der Waals surface area contributed by atoms with Crippen LogP contribution in [-0.4, -0.2) is 68.8 Å². The first-order chi connectivity index (χ1) is 13.9. The van der Waals surface area contributed by atoms with E-state index < -0.39 is 27.9 Å². The zero-order chi connectivity index (χ0) is 22.5. The Morgan fingerprint density at radius 2 is 1.87 bits per heavy atom. The quantitative estimate of drug-likeness (QED) is 0.511. The summed E-state index contributed by atoms with van der Waals surface area (Å²) in [5.74, 6) is 0.462. The van der Waals surface area contributed by atoms with Gasteiger partial charge in [0.05, 0.1) is 26.1 Å². The first kappa shape index (κ1) is 24.4. The van der Waals surface area contributed by atoms with Crippen LogP contribution in [0.3, 0.4) is 0 Å². The summed E-state index contributed by atoms with van der Waals surface area (Å²) in [5, 5.41) is 10.8. The average molecular weight is 444 g/mol. The van der Waals surface area contributed by atoms with E-state index in [0.717, 1.165) is 17.6 Å². The first-order valence-corrected chi connectivity index (χ1v) is 11.9. The third kappa shape index (κ3) is 7.45. The summed E-state index contributed by atoms with van der Waals surface area (Å²) in [5.41, 5.74) is 0.267. The van der Waals surface area contributed by atoms with E-state index in [1.54, 1.807) is 32.8 Å². The molecule has 1 aromatic rings. The number of nitrogens with zero attached hydrogens (tertiary/aromatic N) is 1. The van der Waals surface area contributed by atoms with Crippen LogP contribution in [0.4, 0.5) is 4.79 Å². The van der Waals surface area contributed by atoms with Gasteiger partial charge in [0, 0.05) is 18.5 Å². The number of aliphatic hydroxyl groups is 1. The number of piperidine rings is 1. The molecule has 0 radical (unpaired) electrons. The molecule has 1 N–H and O–H groups in total. The Labute approximate surface area is 179 Å². The second kappa shape index (κ2) is 9.98. The van der Waals surface area contributed by atoms with Crippen molar-refractivity contribution < 1.29 is 32.0 Å². The summed E-state index contributed by atoms with van der Waals surface area (Å²) in [7, 11) is -1.92. The topological polar surface area (TPSA) is 102 Å². The van der Waals surface area contributed by atoms with Crippen molar-refractivity contribution >= 4 is 16.2 Å². The molecule has 30 heavy (non-hydrogen) atoms. The fraction of sp³-hybridized carbons (Fsp3) is 0.667. The molecule has 0 saturated carbocycles. The minimum atomic E-state index is -3.51. The summed E-state index contributed by atoms with van der Waals surface area (Å²) in [6.07, 6.45) is 1.23. The molecule has 1 aliphatic rings. The number of hydrogen-bond donors (Lipinski definition) is 1. The van der Waals surface area contributed by atoms with Gasteiger partial charge in [0.2, 0.25) is 0 Å². The van der Waals surface area contributed by atoms with E-state index in [0.29, 0.717) is 25.8 Å². The molecule has 0 aliphatic carbocycles. The highest BCUT2D eigenvalue weighted by atomic mass is 32.2. The Hall–Kier alpha value is -1.84. The van der Waals surface area contributed by atoms with E-state index in [1.165, 1.54) is 0 Å². The maximum Gasteiger partial charge on any atom is 0.410 e. The molecule has 1 aliphatic heterocycles. The molecule has 1 amide bonds. The second-order valence-corrected chi connectivity index (χ2v) is 10.3. The van der Waals surface area contributed by atoms with Gasteiger partial charge in [-0.2, -0.15) is 8.42 Å². The molecule has 1 saturated heterocycles. The van der Waals surface area contributed by atoms with Gasteiger partial charge in [-0.1, -0.05) is 12.1 Å². The highest BCUT2D eigenvalue weighted by Crippen LogP contribution is 2.34. The Bertz CT molecular complexity index is 802. The third-order valence-corrected chi connectivity index (χ3v) is 5.56. The lowest BCUT2D eigenvalue weighted by molar-refractivity contribution is -0.0179. The van der Waals surface area contributed by atoms with Crippen molar-refractivity contribution in [1.29, 1.82) is 0 Å². The first-order valence-electron chi connectivity index (χ1n) is 10.1. The number of hydrogen-bond acceptors (Lipinski definition) is 7. The Morgan fingerprint density at radius 3 is 2.40 bits per heavy atom. The van der Waals surface area contributed by atoms with Crippen molar-refractivity contribution in [3.8, 4) is 5.75 Å². The number of aliphatic hydroxyl groups excluding tert-OH is 1. The van der Waals surface area contributed by atoms with Crippen LogP contribution in [0.2, 0.25) is 0 Å². The number of amides is 1. The van der Waals surface area contributed by atoms with Crippen molar-refractivity contribution in [2.75, 3.05) is 26.5 Å². The number of benzene rings is 1. The summed E-state index contributed by atoms with van der Waals surface area (Å²) in [4.78, 5) is 14.5. The van der Waals surface area contributed by atoms with Gasteiger partial charge in [-0.25, -0.2) is 4.79 Å². The van der Waals surface area contributed by atoms with Crippen LogP contribution in [0.1, 0.15) is 51.5 Å². The number of carbonyl (C=O) groups is 1. The van der Waals surface area contributed by atoms with Gasteiger partial charge in [-0.15, -0.1) is 0 Å². The monoisotopic (exact) mass is 443 g/mol. The minimum absolute atomic E-state index is 0.0372. The largest absolute Gasteiger partial charge is 0.497 e. The number of likely N-dealkylation sites (tertiary alicyclic amines) is 1. The summed E-state index contributed by atoms with van der Waals surface area (Å²) in [6.45, 7) is 5.76. The van der Waals surface area contributed by atoms with Crippen molar-refractivity contribution in [2.24, 2.45) is 0 Å². The van der Waals surface area contributed by atoms with Crippen molar-refractivity contribution in [1.82, 2.24) is 4.90 Å². The number of carbonyl (C=O) groups excluding carboxylic acids is 1. The predicted molar refractivity (Wildman–Crippen MR) is 113 cm³/mol. The van der Waals surface area contributed by atoms with Crippen LogP contribution in [0, 0.1) is 0 Å². The molecule has 2 rings (SSSR count). The van der Waals surface area contributed by atoms with Crippen LogP contribution < -0.4 is 4.74 Å². The molecule has 170 valence electrons. The Morgan fingerprint density at radius 1 is 1.23 bits per heavy atom. The molecule has 1 fully saturated rings. The van der Waals surface area contributed by atoms with E-state index in [2.05, 4.69) is 0 Å². The Balaban J connectivity index is 2.15. The maximum atomic E-state index is 12.9. The molecule has 0 unspecified atom stereocenters. The summed E-state index contributed by atoms with van der Waals surface area (Å²) < 4.78 is 37.9. The lowest BCUT2D eigenvalue weighted by atomic mass is 9.83. The molecule has 0 bridgehead atoms. The minimum Gasteiger partial charge on any atom is -0.497 e. The zero-order valence-electron chi connectivity index (χ0n) is 18.3.